The van der Waals surface area contributed by atoms with Crippen LogP contribution in [0.3, 0.4) is 0 Å². The number of amides is 1. The number of carboxylic acids is 1. The normalized spacial score (nSPS) is 10.2. The molecule has 0 spiro atoms. The first-order chi connectivity index (χ1) is 12.0. The molecular formula is C18H18N2O5. The molecule has 0 aliphatic heterocycles. The summed E-state index contributed by atoms with van der Waals surface area (Å²) in [4.78, 5) is 45.2. The van der Waals surface area contributed by atoms with Crippen LogP contribution in [0.1, 0.15) is 33.6 Å². The highest BCUT2D eigenvalue weighted by molar-refractivity contribution is 6.37. The Hall–Kier alpha value is -3.22. The van der Waals surface area contributed by atoms with Crippen molar-refractivity contribution >= 4 is 23.4 Å². The number of rotatable bonds is 9. The lowest BCUT2D eigenvalue weighted by atomic mass is 10.1. The lowest BCUT2D eigenvalue weighted by Crippen LogP contribution is -2.25. The van der Waals surface area contributed by atoms with Gasteiger partial charge in [-0.3, -0.25) is 14.4 Å². The van der Waals surface area contributed by atoms with Gasteiger partial charge < -0.3 is 15.0 Å². The molecule has 1 heterocycles. The molecule has 1 aromatic heterocycles. The van der Waals surface area contributed by atoms with Crippen LogP contribution in [0.15, 0.2) is 48.8 Å². The number of aromatic nitrogens is 1. The van der Waals surface area contributed by atoms with Crippen LogP contribution in [0.4, 0.5) is 0 Å². The van der Waals surface area contributed by atoms with Gasteiger partial charge in [0.15, 0.2) is 5.78 Å². The molecule has 25 heavy (non-hydrogen) atoms. The van der Waals surface area contributed by atoms with Crippen LogP contribution in [-0.2, 0) is 16.1 Å². The van der Waals surface area contributed by atoms with Crippen molar-refractivity contribution in [2.24, 2.45) is 0 Å². The van der Waals surface area contributed by atoms with E-state index >= 15 is 0 Å². The van der Waals surface area contributed by atoms with E-state index in [0.29, 0.717) is 30.6 Å². The van der Waals surface area contributed by atoms with Gasteiger partial charge in [0, 0.05) is 36.6 Å². The van der Waals surface area contributed by atoms with Crippen LogP contribution in [-0.4, -0.2) is 39.7 Å². The minimum Gasteiger partial charge on any atom is -0.475 e. The maximum absolute atomic E-state index is 11.9. The molecule has 1 aromatic carbocycles. The summed E-state index contributed by atoms with van der Waals surface area (Å²) in [6, 6.07) is 10.4. The Balaban J connectivity index is 1.76. The minimum absolute atomic E-state index is 0.142. The van der Waals surface area contributed by atoms with E-state index in [1.165, 1.54) is 0 Å². The third kappa shape index (κ3) is 5.42. The van der Waals surface area contributed by atoms with Gasteiger partial charge >= 0.3 is 5.97 Å². The zero-order valence-corrected chi connectivity index (χ0v) is 13.5. The average molecular weight is 342 g/mol. The van der Waals surface area contributed by atoms with Crippen molar-refractivity contribution in [2.75, 3.05) is 6.54 Å². The molecule has 0 radical (unpaired) electrons. The number of Topliss-reactive ketones (excluding diaryl/α,β-unsaturated/α-hetero) is 2. The van der Waals surface area contributed by atoms with Gasteiger partial charge in [-0.15, -0.1) is 0 Å². The van der Waals surface area contributed by atoms with Crippen molar-refractivity contribution < 1.29 is 24.3 Å². The third-order valence-electron chi connectivity index (χ3n) is 3.55. The SMILES string of the molecule is O=C(O)C(=O)CC(=O)c1ccn(CCCNC(=O)c2ccccc2)c1. The van der Waals surface area contributed by atoms with E-state index in [1.807, 2.05) is 6.07 Å². The van der Waals surface area contributed by atoms with Crippen LogP contribution >= 0.6 is 0 Å². The molecule has 7 heteroatoms. The highest BCUT2D eigenvalue weighted by Crippen LogP contribution is 2.06. The molecule has 2 aromatic rings. The number of carbonyl (C=O) groups excluding carboxylic acids is 3. The van der Waals surface area contributed by atoms with Gasteiger partial charge in [-0.1, -0.05) is 18.2 Å². The topological polar surface area (TPSA) is 105 Å². The number of aliphatic carboxylic acids is 1. The van der Waals surface area contributed by atoms with Crippen molar-refractivity contribution in [1.29, 1.82) is 0 Å². The summed E-state index contributed by atoms with van der Waals surface area (Å²) >= 11 is 0. The van der Waals surface area contributed by atoms with E-state index in [0.717, 1.165) is 0 Å². The Kier molecular flexibility index (Phi) is 6.22. The fourth-order valence-corrected chi connectivity index (χ4v) is 2.22. The molecular weight excluding hydrogens is 324 g/mol. The van der Waals surface area contributed by atoms with Gasteiger partial charge in [0.25, 0.3) is 5.91 Å². The molecule has 1 amide bonds. The molecule has 2 rings (SSSR count). The Morgan fingerprint density at radius 1 is 1.00 bits per heavy atom. The van der Waals surface area contributed by atoms with Crippen LogP contribution in [0.5, 0.6) is 0 Å². The van der Waals surface area contributed by atoms with Crippen LogP contribution in [0.2, 0.25) is 0 Å². The molecule has 0 atom stereocenters. The fourth-order valence-electron chi connectivity index (χ4n) is 2.22. The van der Waals surface area contributed by atoms with Crippen molar-refractivity contribution in [3.63, 3.8) is 0 Å². The molecule has 7 nitrogen and oxygen atoms in total. The van der Waals surface area contributed by atoms with Crippen LogP contribution < -0.4 is 5.32 Å². The molecule has 0 aliphatic carbocycles. The zero-order valence-electron chi connectivity index (χ0n) is 13.5. The minimum atomic E-state index is -1.61. The maximum atomic E-state index is 11.9. The Bertz CT molecular complexity index is 780. The van der Waals surface area contributed by atoms with Crippen molar-refractivity contribution in [2.45, 2.75) is 19.4 Å². The van der Waals surface area contributed by atoms with E-state index in [9.17, 15) is 19.2 Å². The number of benzene rings is 1. The molecule has 0 aliphatic rings. The maximum Gasteiger partial charge on any atom is 0.372 e. The predicted molar refractivity (Wildman–Crippen MR) is 89.4 cm³/mol. The number of aryl methyl sites for hydroxylation is 1. The predicted octanol–water partition coefficient (Wildman–Crippen LogP) is 1.53. The van der Waals surface area contributed by atoms with E-state index in [-0.39, 0.29) is 5.91 Å². The molecule has 0 saturated heterocycles. The van der Waals surface area contributed by atoms with Crippen LogP contribution in [0, 0.1) is 0 Å². The fraction of sp³-hybridized carbons (Fsp3) is 0.222. The average Bonchev–Trinajstić information content (AvgIpc) is 3.08. The second kappa shape index (κ2) is 8.58. The molecule has 0 fully saturated rings. The number of carboxylic acid groups (broad SMARTS) is 1. The lowest BCUT2D eigenvalue weighted by molar-refractivity contribution is -0.148. The van der Waals surface area contributed by atoms with Crippen molar-refractivity contribution in [3.05, 3.63) is 59.9 Å². The highest BCUT2D eigenvalue weighted by atomic mass is 16.4. The molecule has 0 bridgehead atoms. The summed E-state index contributed by atoms with van der Waals surface area (Å²) in [7, 11) is 0. The largest absolute Gasteiger partial charge is 0.475 e. The number of nitrogens with zero attached hydrogens (tertiary/aromatic N) is 1. The second-order valence-corrected chi connectivity index (χ2v) is 5.44. The summed E-state index contributed by atoms with van der Waals surface area (Å²) in [6.45, 7) is 1.06. The lowest BCUT2D eigenvalue weighted by Gasteiger charge is -2.06. The number of nitrogens with one attached hydrogen (secondary N) is 1. The van der Waals surface area contributed by atoms with Crippen LogP contribution in [0.25, 0.3) is 0 Å². The van der Waals surface area contributed by atoms with E-state index in [4.69, 9.17) is 5.11 Å². The summed E-state index contributed by atoms with van der Waals surface area (Å²) in [5, 5.41) is 11.3. The van der Waals surface area contributed by atoms with Crippen molar-refractivity contribution in [3.8, 4) is 0 Å². The molecule has 0 saturated carbocycles. The van der Waals surface area contributed by atoms with E-state index in [1.54, 1.807) is 47.3 Å². The third-order valence-corrected chi connectivity index (χ3v) is 3.55. The zero-order chi connectivity index (χ0) is 18.2. The molecule has 0 unspecified atom stereocenters. The highest BCUT2D eigenvalue weighted by Gasteiger charge is 2.18. The summed E-state index contributed by atoms with van der Waals surface area (Å²) < 4.78 is 1.76. The first-order valence-corrected chi connectivity index (χ1v) is 7.75. The van der Waals surface area contributed by atoms with Gasteiger partial charge in [-0.2, -0.15) is 0 Å². The van der Waals surface area contributed by atoms with Crippen molar-refractivity contribution in [1.82, 2.24) is 9.88 Å². The monoisotopic (exact) mass is 342 g/mol. The number of hydrogen-bond donors (Lipinski definition) is 2. The van der Waals surface area contributed by atoms with E-state index in [2.05, 4.69) is 5.32 Å². The number of hydrogen-bond acceptors (Lipinski definition) is 4. The number of carbonyl (C=O) groups is 4. The Morgan fingerprint density at radius 3 is 2.40 bits per heavy atom. The van der Waals surface area contributed by atoms with Gasteiger partial charge in [0.1, 0.15) is 0 Å². The van der Waals surface area contributed by atoms with Gasteiger partial charge in [-0.05, 0) is 24.6 Å². The second-order valence-electron chi connectivity index (χ2n) is 5.44. The summed E-state index contributed by atoms with van der Waals surface area (Å²) in [5.74, 6) is -3.40. The smallest absolute Gasteiger partial charge is 0.372 e. The molecule has 2 N–H and O–H groups in total. The van der Waals surface area contributed by atoms with Gasteiger partial charge in [0.2, 0.25) is 5.78 Å². The Morgan fingerprint density at radius 2 is 1.72 bits per heavy atom. The number of ketones is 2. The summed E-state index contributed by atoms with van der Waals surface area (Å²) in [5.41, 5.74) is 0.891. The first-order valence-electron chi connectivity index (χ1n) is 7.75. The molecule has 130 valence electrons. The standard InChI is InChI=1S/C18H18N2O5/c21-15(11-16(22)18(24)25)14-7-10-20(12-14)9-4-8-19-17(23)13-5-2-1-3-6-13/h1-3,5-7,10,12H,4,8-9,11H2,(H,19,23)(H,24,25). The Labute approximate surface area is 144 Å². The van der Waals surface area contributed by atoms with E-state index < -0.39 is 24.0 Å². The summed E-state index contributed by atoms with van der Waals surface area (Å²) in [6.07, 6.45) is 3.26. The first kappa shape index (κ1) is 18.1. The van der Waals surface area contributed by atoms with Gasteiger partial charge in [-0.25, -0.2) is 4.79 Å². The quantitative estimate of drug-likeness (QED) is 0.311. The van der Waals surface area contributed by atoms with Gasteiger partial charge in [0.05, 0.1) is 6.42 Å².